The normalized spacial score (nSPS) is 11.6. The molecule has 64 valence electrons. The van der Waals surface area contributed by atoms with Crippen molar-refractivity contribution in [2.45, 2.75) is 26.3 Å². The molecule has 0 aliphatic rings. The molecular weight excluding hydrogens is 140 g/mol. The van der Waals surface area contributed by atoms with E-state index in [1.54, 1.807) is 0 Å². The third-order valence-corrected chi connectivity index (χ3v) is 1.82. The lowest BCUT2D eigenvalue weighted by Crippen LogP contribution is -2.44. The zero-order chi connectivity index (χ0) is 8.91. The molecule has 0 fully saturated rings. The van der Waals surface area contributed by atoms with Crippen LogP contribution in [0.3, 0.4) is 0 Å². The zero-order valence-electron chi connectivity index (χ0n) is 7.46. The van der Waals surface area contributed by atoms with Crippen molar-refractivity contribution < 1.29 is 5.11 Å². The van der Waals surface area contributed by atoms with Gasteiger partial charge < -0.3 is 5.11 Å². The van der Waals surface area contributed by atoms with E-state index < -0.39 is 5.54 Å². The van der Waals surface area contributed by atoms with Crippen LogP contribution in [0.2, 0.25) is 0 Å². The Morgan fingerprint density at radius 2 is 2.09 bits per heavy atom. The number of aliphatic hydroxyl groups excluding tert-OH is 1. The maximum atomic E-state index is 8.75. The summed E-state index contributed by atoms with van der Waals surface area (Å²) in [7, 11) is 0. The van der Waals surface area contributed by atoms with Crippen LogP contribution in [0.1, 0.15) is 20.8 Å². The molecule has 0 spiro atoms. The van der Waals surface area contributed by atoms with Crippen LogP contribution < -0.4 is 0 Å². The molecule has 0 saturated heterocycles. The molecule has 0 aromatic rings. The first kappa shape index (κ1) is 10.4. The summed E-state index contributed by atoms with van der Waals surface area (Å²) >= 11 is 0. The smallest absolute Gasteiger partial charge is 0.103 e. The Balaban J connectivity index is 4.14. The molecule has 0 amide bonds. The number of aliphatic hydroxyl groups is 1. The van der Waals surface area contributed by atoms with Gasteiger partial charge in [0.2, 0.25) is 0 Å². The molecule has 0 heterocycles. The summed E-state index contributed by atoms with van der Waals surface area (Å²) < 4.78 is 0. The number of β-amino-alcohol motifs (C(OH)–C–C–N with tert-alkyl or cyclic N) is 1. The lowest BCUT2D eigenvalue weighted by atomic mass is 10.1. The summed E-state index contributed by atoms with van der Waals surface area (Å²) in [6, 6.07) is 2.19. The predicted octanol–water partition coefficient (Wildman–Crippen LogP) is 0.603. The van der Waals surface area contributed by atoms with Crippen molar-refractivity contribution in [2.75, 3.05) is 19.7 Å². The second-order valence-electron chi connectivity index (χ2n) is 2.97. The first-order valence-corrected chi connectivity index (χ1v) is 3.85. The molecule has 11 heavy (non-hydrogen) atoms. The number of likely N-dealkylation sites (N-methyl/N-ethyl adjacent to an activating group) is 1. The molecule has 0 saturated carbocycles. The quantitative estimate of drug-likeness (QED) is 0.648. The van der Waals surface area contributed by atoms with E-state index in [1.165, 1.54) is 0 Å². The highest BCUT2D eigenvalue weighted by molar-refractivity contribution is 5.01. The van der Waals surface area contributed by atoms with E-state index in [2.05, 4.69) is 6.07 Å². The Hall–Kier alpha value is -0.590. The van der Waals surface area contributed by atoms with Gasteiger partial charge in [-0.3, -0.25) is 4.90 Å². The van der Waals surface area contributed by atoms with Gasteiger partial charge in [0, 0.05) is 6.54 Å². The van der Waals surface area contributed by atoms with Gasteiger partial charge in [0.1, 0.15) is 5.54 Å². The molecule has 0 unspecified atom stereocenters. The molecule has 0 bridgehead atoms. The van der Waals surface area contributed by atoms with E-state index in [1.807, 2.05) is 25.7 Å². The van der Waals surface area contributed by atoms with Crippen molar-refractivity contribution in [3.8, 4) is 6.07 Å². The predicted molar refractivity (Wildman–Crippen MR) is 44.0 cm³/mol. The summed E-state index contributed by atoms with van der Waals surface area (Å²) in [5, 5.41) is 17.4. The van der Waals surface area contributed by atoms with Gasteiger partial charge >= 0.3 is 0 Å². The van der Waals surface area contributed by atoms with E-state index in [4.69, 9.17) is 10.4 Å². The number of nitrogens with zero attached hydrogens (tertiary/aromatic N) is 2. The van der Waals surface area contributed by atoms with Crippen molar-refractivity contribution in [3.05, 3.63) is 0 Å². The Kier molecular flexibility index (Phi) is 4.09. The minimum Gasteiger partial charge on any atom is -0.395 e. The molecular formula is C8H16N2O. The van der Waals surface area contributed by atoms with Crippen molar-refractivity contribution in [3.63, 3.8) is 0 Å². The topological polar surface area (TPSA) is 47.3 Å². The molecule has 0 aliphatic heterocycles. The number of hydrogen-bond acceptors (Lipinski definition) is 3. The van der Waals surface area contributed by atoms with E-state index in [0.717, 1.165) is 6.54 Å². The SMILES string of the molecule is CCN(CCO)C(C)(C)C#N. The van der Waals surface area contributed by atoms with Crippen LogP contribution in [0.25, 0.3) is 0 Å². The zero-order valence-corrected chi connectivity index (χ0v) is 7.46. The first-order valence-electron chi connectivity index (χ1n) is 3.85. The third-order valence-electron chi connectivity index (χ3n) is 1.82. The van der Waals surface area contributed by atoms with Crippen LogP contribution >= 0.6 is 0 Å². The van der Waals surface area contributed by atoms with Gasteiger partial charge in [-0.25, -0.2) is 0 Å². The van der Waals surface area contributed by atoms with Crippen LogP contribution in [0.5, 0.6) is 0 Å². The summed E-state index contributed by atoms with van der Waals surface area (Å²) in [5.74, 6) is 0. The number of nitriles is 1. The van der Waals surface area contributed by atoms with Gasteiger partial charge in [0.25, 0.3) is 0 Å². The highest BCUT2D eigenvalue weighted by atomic mass is 16.3. The Labute approximate surface area is 68.2 Å². The number of hydrogen-bond donors (Lipinski definition) is 1. The van der Waals surface area contributed by atoms with Crippen LogP contribution in [-0.2, 0) is 0 Å². The molecule has 0 atom stereocenters. The third kappa shape index (κ3) is 2.87. The van der Waals surface area contributed by atoms with Crippen molar-refractivity contribution >= 4 is 0 Å². The highest BCUT2D eigenvalue weighted by Gasteiger charge is 2.23. The summed E-state index contributed by atoms with van der Waals surface area (Å²) in [6.07, 6.45) is 0. The molecule has 3 nitrogen and oxygen atoms in total. The van der Waals surface area contributed by atoms with Crippen LogP contribution in [0, 0.1) is 11.3 Å². The highest BCUT2D eigenvalue weighted by Crippen LogP contribution is 2.11. The van der Waals surface area contributed by atoms with Crippen molar-refractivity contribution in [2.24, 2.45) is 0 Å². The summed E-state index contributed by atoms with van der Waals surface area (Å²) in [6.45, 7) is 7.16. The second-order valence-corrected chi connectivity index (χ2v) is 2.97. The Bertz CT molecular complexity index is 149. The van der Waals surface area contributed by atoms with Gasteiger partial charge in [-0.15, -0.1) is 0 Å². The molecule has 0 aromatic heterocycles. The minimum atomic E-state index is -0.461. The molecule has 0 rings (SSSR count). The average Bonchev–Trinajstić information content (AvgIpc) is 2.00. The second kappa shape index (κ2) is 4.32. The van der Waals surface area contributed by atoms with Crippen LogP contribution in [0.4, 0.5) is 0 Å². The van der Waals surface area contributed by atoms with E-state index in [0.29, 0.717) is 6.54 Å². The Morgan fingerprint density at radius 1 is 1.55 bits per heavy atom. The summed E-state index contributed by atoms with van der Waals surface area (Å²) in [5.41, 5.74) is -0.461. The number of rotatable bonds is 4. The van der Waals surface area contributed by atoms with Crippen LogP contribution in [0.15, 0.2) is 0 Å². The van der Waals surface area contributed by atoms with Gasteiger partial charge in [0.15, 0.2) is 0 Å². The molecule has 0 aromatic carbocycles. The van der Waals surface area contributed by atoms with Gasteiger partial charge in [-0.1, -0.05) is 6.92 Å². The van der Waals surface area contributed by atoms with E-state index in [-0.39, 0.29) is 6.61 Å². The molecule has 1 N–H and O–H groups in total. The van der Waals surface area contributed by atoms with Gasteiger partial charge in [-0.2, -0.15) is 5.26 Å². The lowest BCUT2D eigenvalue weighted by molar-refractivity contribution is 0.136. The van der Waals surface area contributed by atoms with E-state index >= 15 is 0 Å². The average molecular weight is 156 g/mol. The maximum Gasteiger partial charge on any atom is 0.103 e. The fourth-order valence-electron chi connectivity index (χ4n) is 1.02. The van der Waals surface area contributed by atoms with Crippen molar-refractivity contribution in [1.29, 1.82) is 5.26 Å². The maximum absolute atomic E-state index is 8.75. The standard InChI is InChI=1S/C8H16N2O/c1-4-10(5-6-11)8(2,3)7-9/h11H,4-6H2,1-3H3. The fourth-order valence-corrected chi connectivity index (χ4v) is 1.02. The van der Waals surface area contributed by atoms with Crippen LogP contribution in [-0.4, -0.2) is 35.2 Å². The largest absolute Gasteiger partial charge is 0.395 e. The molecule has 0 radical (unpaired) electrons. The van der Waals surface area contributed by atoms with Gasteiger partial charge in [-0.05, 0) is 20.4 Å². The van der Waals surface area contributed by atoms with Gasteiger partial charge in [0.05, 0.1) is 12.7 Å². The molecule has 0 aliphatic carbocycles. The van der Waals surface area contributed by atoms with E-state index in [9.17, 15) is 0 Å². The first-order chi connectivity index (χ1) is 5.08. The molecule has 3 heteroatoms. The monoisotopic (exact) mass is 156 g/mol. The lowest BCUT2D eigenvalue weighted by Gasteiger charge is -2.31. The summed E-state index contributed by atoms with van der Waals surface area (Å²) in [4.78, 5) is 1.94. The Morgan fingerprint density at radius 3 is 2.36 bits per heavy atom. The van der Waals surface area contributed by atoms with Crippen molar-refractivity contribution in [1.82, 2.24) is 4.90 Å². The fraction of sp³-hybridized carbons (Fsp3) is 0.875. The minimum absolute atomic E-state index is 0.110.